The number of halogens is 3. The summed E-state index contributed by atoms with van der Waals surface area (Å²) in [5, 5.41) is 9.52. The molecular formula is C31H49F3O2S. The molecule has 1 heterocycles. The number of unbranched alkanes of at least 4 members (excludes halogenated alkanes) is 3. The molecule has 1 aromatic heterocycles. The monoisotopic (exact) mass is 542 g/mol. The van der Waals surface area contributed by atoms with Crippen LogP contribution in [0.4, 0.5) is 13.2 Å². The minimum atomic E-state index is -4.57. The third-order valence-corrected chi connectivity index (χ3v) is 6.84. The van der Waals surface area contributed by atoms with Crippen LogP contribution in [-0.2, 0) is 6.18 Å². The smallest absolute Gasteiger partial charge is 0.417 e. The van der Waals surface area contributed by atoms with Crippen LogP contribution in [0.2, 0.25) is 0 Å². The third kappa shape index (κ3) is 13.9. The zero-order chi connectivity index (χ0) is 29.2. The summed E-state index contributed by atoms with van der Waals surface area (Å²) in [4.78, 5) is 12.9. The number of alkyl halides is 3. The van der Waals surface area contributed by atoms with Crippen LogP contribution in [0.5, 0.6) is 5.75 Å². The number of allylic oxidation sites excluding steroid dienone is 1. The molecule has 0 radical (unpaired) electrons. The number of ketones is 1. The molecule has 1 atom stereocenters. The van der Waals surface area contributed by atoms with Gasteiger partial charge in [0.2, 0.25) is 0 Å². The fourth-order valence-corrected chi connectivity index (χ4v) is 4.05. The molecule has 2 nitrogen and oxygen atoms in total. The first-order valence-electron chi connectivity index (χ1n) is 13.6. The van der Waals surface area contributed by atoms with Gasteiger partial charge in [-0.3, -0.25) is 4.79 Å². The van der Waals surface area contributed by atoms with Gasteiger partial charge in [-0.15, -0.1) is 11.3 Å². The summed E-state index contributed by atoms with van der Waals surface area (Å²) < 4.78 is 40.5. The summed E-state index contributed by atoms with van der Waals surface area (Å²) in [7, 11) is 0. The van der Waals surface area contributed by atoms with E-state index in [1.54, 1.807) is 12.1 Å². The molecule has 0 aliphatic carbocycles. The van der Waals surface area contributed by atoms with E-state index in [2.05, 4.69) is 27.7 Å². The Hall–Kier alpha value is -2.08. The van der Waals surface area contributed by atoms with E-state index in [9.17, 15) is 23.1 Å². The van der Waals surface area contributed by atoms with Crippen LogP contribution in [-0.4, -0.2) is 10.9 Å². The van der Waals surface area contributed by atoms with Crippen molar-refractivity contribution in [3.8, 4) is 5.75 Å². The fraction of sp³-hybridized carbons (Fsp3) is 0.581. The zero-order valence-electron chi connectivity index (χ0n) is 24.6. The summed E-state index contributed by atoms with van der Waals surface area (Å²) in [6, 6.07) is 5.09. The van der Waals surface area contributed by atoms with Crippen LogP contribution in [0.25, 0.3) is 11.6 Å². The van der Waals surface area contributed by atoms with E-state index < -0.39 is 17.5 Å². The van der Waals surface area contributed by atoms with Gasteiger partial charge in [-0.2, -0.15) is 13.2 Å². The van der Waals surface area contributed by atoms with Gasteiger partial charge < -0.3 is 5.11 Å². The molecule has 1 aromatic carbocycles. The van der Waals surface area contributed by atoms with Crippen molar-refractivity contribution in [3.05, 3.63) is 50.7 Å². The molecule has 0 spiro atoms. The van der Waals surface area contributed by atoms with Gasteiger partial charge in [-0.25, -0.2) is 0 Å². The van der Waals surface area contributed by atoms with E-state index in [0.717, 1.165) is 16.5 Å². The molecule has 0 saturated carbocycles. The zero-order valence-corrected chi connectivity index (χ0v) is 25.4. The molecule has 212 valence electrons. The first-order valence-corrected chi connectivity index (χ1v) is 14.4. The number of phenols is 1. The van der Waals surface area contributed by atoms with Crippen molar-refractivity contribution < 1.29 is 23.1 Å². The molecule has 0 aliphatic heterocycles. The van der Waals surface area contributed by atoms with Gasteiger partial charge in [0.05, 0.1) is 10.4 Å². The number of carbonyl (C=O) groups is 1. The molecule has 0 bridgehead atoms. The van der Waals surface area contributed by atoms with E-state index in [-0.39, 0.29) is 17.3 Å². The predicted octanol–water partition coefficient (Wildman–Crippen LogP) is 11.6. The first kappa shape index (κ1) is 37.1. The van der Waals surface area contributed by atoms with Gasteiger partial charge in [0, 0.05) is 4.88 Å². The topological polar surface area (TPSA) is 37.3 Å². The number of aryl methyl sites for hydroxylation is 1. The number of carbonyl (C=O) groups excluding carboxylic acids is 1. The summed E-state index contributed by atoms with van der Waals surface area (Å²) in [6.07, 6.45) is 4.54. The Morgan fingerprint density at radius 2 is 1.54 bits per heavy atom. The average molecular weight is 543 g/mol. The Labute approximate surface area is 228 Å². The standard InChI is InChI=1S/C20H21F3O2S.C5H12.C4H10.C2H6/c1-5-11(2)16(10-18-12(3)8-19(26-18)13(4)24)15-7-6-14(25)9-17(15)20(21,22)23;1-3-5-4-2;1-3-4-2;1-2/h6-11,25H,5H2,1-4H3;3-5H2,1-2H3;3-4H2,1-2H3;1-2H3/b16-10+;;;. The van der Waals surface area contributed by atoms with Gasteiger partial charge in [0.25, 0.3) is 0 Å². The Kier molecular flexibility index (Phi) is 20.0. The number of Topliss-reactive ketones (excluding diaryl/α,β-unsaturated/α-hetero) is 1. The van der Waals surface area contributed by atoms with Crippen molar-refractivity contribution in [2.75, 3.05) is 0 Å². The fourth-order valence-electron chi connectivity index (χ4n) is 3.03. The molecule has 2 rings (SSSR count). The highest BCUT2D eigenvalue weighted by Crippen LogP contribution is 2.41. The molecule has 1 N–H and O–H groups in total. The van der Waals surface area contributed by atoms with E-state index in [4.69, 9.17) is 0 Å². The lowest BCUT2D eigenvalue weighted by Crippen LogP contribution is -2.11. The largest absolute Gasteiger partial charge is 0.508 e. The van der Waals surface area contributed by atoms with Crippen molar-refractivity contribution in [2.24, 2.45) is 5.92 Å². The number of hydrogen-bond acceptors (Lipinski definition) is 3. The van der Waals surface area contributed by atoms with Crippen LogP contribution >= 0.6 is 11.3 Å². The van der Waals surface area contributed by atoms with Crippen LogP contribution in [0, 0.1) is 12.8 Å². The summed E-state index contributed by atoms with van der Waals surface area (Å²) >= 11 is 1.28. The number of aromatic hydroxyl groups is 1. The quantitative estimate of drug-likeness (QED) is 0.337. The minimum absolute atomic E-state index is 0.0572. The second-order valence-electron chi connectivity index (χ2n) is 8.70. The molecule has 0 fully saturated rings. The molecule has 0 saturated heterocycles. The van der Waals surface area contributed by atoms with Crippen LogP contribution in [0.15, 0.2) is 24.3 Å². The molecule has 0 amide bonds. The van der Waals surface area contributed by atoms with Gasteiger partial charge in [0.15, 0.2) is 5.78 Å². The molecule has 1 unspecified atom stereocenters. The number of hydrogen-bond donors (Lipinski definition) is 1. The molecule has 2 aromatic rings. The van der Waals surface area contributed by atoms with Crippen LogP contribution in [0.3, 0.4) is 0 Å². The lowest BCUT2D eigenvalue weighted by atomic mass is 9.88. The van der Waals surface area contributed by atoms with Gasteiger partial charge in [-0.1, -0.05) is 93.6 Å². The van der Waals surface area contributed by atoms with E-state index >= 15 is 0 Å². The first-order chi connectivity index (χ1) is 17.4. The Balaban J connectivity index is 0. The lowest BCUT2D eigenvalue weighted by molar-refractivity contribution is -0.137. The van der Waals surface area contributed by atoms with Crippen molar-refractivity contribution in [2.45, 2.75) is 114 Å². The Morgan fingerprint density at radius 3 is 1.89 bits per heavy atom. The Morgan fingerprint density at radius 1 is 1.00 bits per heavy atom. The number of rotatable bonds is 8. The highest BCUT2D eigenvalue weighted by molar-refractivity contribution is 7.15. The third-order valence-electron chi connectivity index (χ3n) is 5.56. The van der Waals surface area contributed by atoms with E-state index in [1.165, 1.54) is 62.5 Å². The number of benzene rings is 1. The van der Waals surface area contributed by atoms with Gasteiger partial charge in [0.1, 0.15) is 5.75 Å². The Bertz CT molecular complexity index is 923. The summed E-state index contributed by atoms with van der Waals surface area (Å²) in [6.45, 7) is 19.9. The highest BCUT2D eigenvalue weighted by atomic mass is 32.1. The summed E-state index contributed by atoms with van der Waals surface area (Å²) in [5.41, 5.74) is 0.597. The molecule has 6 heteroatoms. The maximum Gasteiger partial charge on any atom is 0.417 e. The molecule has 0 aliphatic rings. The minimum Gasteiger partial charge on any atom is -0.508 e. The maximum atomic E-state index is 13.5. The highest BCUT2D eigenvalue weighted by Gasteiger charge is 2.35. The molecule has 37 heavy (non-hydrogen) atoms. The van der Waals surface area contributed by atoms with Gasteiger partial charge in [-0.05, 0) is 67.2 Å². The van der Waals surface area contributed by atoms with Crippen molar-refractivity contribution in [3.63, 3.8) is 0 Å². The second-order valence-corrected chi connectivity index (χ2v) is 9.79. The maximum absolute atomic E-state index is 13.5. The lowest BCUT2D eigenvalue weighted by Gasteiger charge is -2.20. The van der Waals surface area contributed by atoms with Crippen LogP contribution < -0.4 is 0 Å². The van der Waals surface area contributed by atoms with E-state index in [1.807, 2.05) is 34.6 Å². The van der Waals surface area contributed by atoms with E-state index in [0.29, 0.717) is 16.9 Å². The van der Waals surface area contributed by atoms with Crippen molar-refractivity contribution >= 4 is 28.8 Å². The number of phenolic OH excluding ortho intramolecular Hbond substituents is 1. The normalized spacial score (nSPS) is 11.8. The number of thiophene rings is 1. The predicted molar refractivity (Wildman–Crippen MR) is 157 cm³/mol. The van der Waals surface area contributed by atoms with Crippen LogP contribution in [0.1, 0.15) is 132 Å². The van der Waals surface area contributed by atoms with Crippen molar-refractivity contribution in [1.29, 1.82) is 0 Å². The SMILES string of the molecule is CC.CCC(C)/C(=C\c1sc(C(C)=O)cc1C)c1ccc(O)cc1C(F)(F)F.CCCC.CCCCC. The van der Waals surface area contributed by atoms with Crippen molar-refractivity contribution in [1.82, 2.24) is 0 Å². The second kappa shape index (κ2) is 20.0. The van der Waals surface area contributed by atoms with Gasteiger partial charge >= 0.3 is 6.18 Å². The summed E-state index contributed by atoms with van der Waals surface area (Å²) in [5.74, 6) is -0.609. The average Bonchev–Trinajstić information content (AvgIpc) is 3.24. The molecular weight excluding hydrogens is 493 g/mol.